The van der Waals surface area contributed by atoms with E-state index in [9.17, 15) is 4.79 Å². The Morgan fingerprint density at radius 2 is 1.67 bits per heavy atom. The van der Waals surface area contributed by atoms with E-state index in [-0.39, 0.29) is 0 Å². The molecule has 128 valence electrons. The summed E-state index contributed by atoms with van der Waals surface area (Å²) in [6.07, 6.45) is 0.620. The first-order chi connectivity index (χ1) is 11.2. The molecule has 0 aliphatic rings. The first-order valence-corrected chi connectivity index (χ1v) is 8.21. The largest absolute Gasteiger partial charge is 0.478 e. The molecule has 0 saturated heterocycles. The Balaban J connectivity index is 2.27. The van der Waals surface area contributed by atoms with Crippen LogP contribution < -0.4 is 10.5 Å². The van der Waals surface area contributed by atoms with E-state index in [1.165, 1.54) is 13.8 Å². The van der Waals surface area contributed by atoms with Crippen LogP contribution in [0.25, 0.3) is 11.1 Å². The molecule has 0 radical (unpaired) electrons. The highest BCUT2D eigenvalue weighted by Crippen LogP contribution is 2.33. The van der Waals surface area contributed by atoms with Gasteiger partial charge >= 0.3 is 5.97 Å². The lowest BCUT2D eigenvalue weighted by atomic mass is 10.0. The van der Waals surface area contributed by atoms with Gasteiger partial charge in [0, 0.05) is 10.0 Å². The van der Waals surface area contributed by atoms with Crippen LogP contribution in [0.15, 0.2) is 36.4 Å². The normalized spacial score (nSPS) is 11.4. The van der Waals surface area contributed by atoms with E-state index in [2.05, 4.69) is 0 Å². The van der Waals surface area contributed by atoms with Crippen LogP contribution in [0.3, 0.4) is 0 Å². The van der Waals surface area contributed by atoms with Crippen molar-refractivity contribution in [3.8, 4) is 16.9 Å². The van der Waals surface area contributed by atoms with E-state index in [0.717, 1.165) is 16.7 Å². The van der Waals surface area contributed by atoms with Gasteiger partial charge in [-0.1, -0.05) is 35.3 Å². The van der Waals surface area contributed by atoms with E-state index in [0.29, 0.717) is 28.8 Å². The summed E-state index contributed by atoms with van der Waals surface area (Å²) in [6.45, 7) is 3.47. The Morgan fingerprint density at radius 1 is 1.12 bits per heavy atom. The van der Waals surface area contributed by atoms with Crippen molar-refractivity contribution >= 4 is 29.2 Å². The van der Waals surface area contributed by atoms with Gasteiger partial charge in [0.15, 0.2) is 5.60 Å². The molecule has 0 amide bonds. The average molecular weight is 368 g/mol. The van der Waals surface area contributed by atoms with Gasteiger partial charge in [0.1, 0.15) is 5.75 Å². The van der Waals surface area contributed by atoms with E-state index in [4.69, 9.17) is 38.8 Å². The van der Waals surface area contributed by atoms with Gasteiger partial charge in [-0.3, -0.25) is 0 Å². The fourth-order valence-corrected chi connectivity index (χ4v) is 2.88. The number of benzene rings is 2. The summed E-state index contributed by atoms with van der Waals surface area (Å²) in [5.74, 6) is -0.552. The molecule has 2 aromatic rings. The molecule has 0 atom stereocenters. The molecule has 0 aliphatic carbocycles. The topological polar surface area (TPSA) is 72.5 Å². The maximum absolute atomic E-state index is 11.1. The fraction of sp³-hybridized carbons (Fsp3) is 0.278. The van der Waals surface area contributed by atoms with Gasteiger partial charge in [0.2, 0.25) is 0 Å². The second-order valence-corrected chi connectivity index (χ2v) is 6.71. The Kier molecular flexibility index (Phi) is 5.75. The quantitative estimate of drug-likeness (QED) is 0.793. The number of nitrogens with two attached hydrogens (primary N) is 1. The number of hydrogen-bond donors (Lipinski definition) is 2. The van der Waals surface area contributed by atoms with E-state index < -0.39 is 11.6 Å². The van der Waals surface area contributed by atoms with Crippen molar-refractivity contribution in [3.05, 3.63) is 52.0 Å². The number of ether oxygens (including phenoxy) is 1. The molecule has 0 saturated carbocycles. The molecule has 6 heteroatoms. The molecule has 3 N–H and O–H groups in total. The number of halogens is 2. The number of hydrogen-bond acceptors (Lipinski definition) is 3. The summed E-state index contributed by atoms with van der Waals surface area (Å²) in [5, 5.41) is 10.3. The van der Waals surface area contributed by atoms with Gasteiger partial charge in [-0.2, -0.15) is 0 Å². The molecule has 0 fully saturated rings. The lowest BCUT2D eigenvalue weighted by molar-refractivity contribution is -0.152. The number of carboxylic acid groups (broad SMARTS) is 1. The number of carbonyl (C=O) groups is 1. The summed E-state index contributed by atoms with van der Waals surface area (Å²) in [6, 6.07) is 10.8. The molecule has 4 nitrogen and oxygen atoms in total. The number of rotatable bonds is 6. The smallest absolute Gasteiger partial charge is 0.347 e. The highest BCUT2D eigenvalue weighted by molar-refractivity contribution is 6.36. The van der Waals surface area contributed by atoms with E-state index in [1.54, 1.807) is 12.1 Å². The molecule has 0 heterocycles. The highest BCUT2D eigenvalue weighted by Gasteiger charge is 2.29. The van der Waals surface area contributed by atoms with E-state index in [1.807, 2.05) is 24.3 Å². The fourth-order valence-electron chi connectivity index (χ4n) is 2.21. The summed E-state index contributed by atoms with van der Waals surface area (Å²) in [4.78, 5) is 11.1. The maximum Gasteiger partial charge on any atom is 0.347 e. The Labute approximate surface area is 151 Å². The predicted octanol–water partition coefficient (Wildman–Crippen LogP) is 4.40. The van der Waals surface area contributed by atoms with Crippen molar-refractivity contribution in [2.75, 3.05) is 6.54 Å². The SMILES string of the molecule is CC(C)(Oc1ccc(-c2cc(Cl)c(CCN)c(Cl)c2)cc1)C(=O)O. The third-order valence-corrected chi connectivity index (χ3v) is 4.29. The van der Waals surface area contributed by atoms with Crippen LogP contribution in [0.4, 0.5) is 0 Å². The second kappa shape index (κ2) is 7.43. The predicted molar refractivity (Wildman–Crippen MR) is 97.0 cm³/mol. The standard InChI is InChI=1S/C18H19Cl2NO3/c1-18(2,17(22)23)24-13-5-3-11(4-6-13)12-9-15(19)14(7-8-21)16(20)10-12/h3-6,9-10H,7-8,21H2,1-2H3,(H,22,23). The maximum atomic E-state index is 11.1. The molecule has 0 aromatic heterocycles. The van der Waals surface area contributed by atoms with Crippen LogP contribution in [0, 0.1) is 0 Å². The van der Waals surface area contributed by atoms with Crippen molar-refractivity contribution < 1.29 is 14.6 Å². The molecule has 0 aliphatic heterocycles. The van der Waals surface area contributed by atoms with Crippen LogP contribution in [0.2, 0.25) is 10.0 Å². The third-order valence-electron chi connectivity index (χ3n) is 3.61. The van der Waals surface area contributed by atoms with Gasteiger partial charge in [-0.05, 0) is 67.8 Å². The van der Waals surface area contributed by atoms with Crippen LogP contribution in [0.1, 0.15) is 19.4 Å². The molecule has 0 bridgehead atoms. The van der Waals surface area contributed by atoms with Crippen molar-refractivity contribution in [2.45, 2.75) is 25.9 Å². The monoisotopic (exact) mass is 367 g/mol. The van der Waals surface area contributed by atoms with Crippen molar-refractivity contribution in [3.63, 3.8) is 0 Å². The molecule has 0 unspecified atom stereocenters. The molecular weight excluding hydrogens is 349 g/mol. The van der Waals surface area contributed by atoms with Crippen LogP contribution in [-0.4, -0.2) is 23.2 Å². The van der Waals surface area contributed by atoms with Gasteiger partial charge in [-0.15, -0.1) is 0 Å². The van der Waals surface area contributed by atoms with Crippen LogP contribution in [-0.2, 0) is 11.2 Å². The zero-order valence-corrected chi connectivity index (χ0v) is 15.0. The van der Waals surface area contributed by atoms with Crippen LogP contribution in [0.5, 0.6) is 5.75 Å². The first-order valence-electron chi connectivity index (χ1n) is 7.45. The minimum absolute atomic E-state index is 0.475. The zero-order valence-electron chi connectivity index (χ0n) is 13.5. The minimum Gasteiger partial charge on any atom is -0.478 e. The summed E-state index contributed by atoms with van der Waals surface area (Å²) in [5.41, 5.74) is 6.88. The van der Waals surface area contributed by atoms with Gasteiger partial charge in [-0.25, -0.2) is 4.79 Å². The molecular formula is C18H19Cl2NO3. The molecule has 2 aromatic carbocycles. The first kappa shape index (κ1) is 18.6. The van der Waals surface area contributed by atoms with Crippen molar-refractivity contribution in [1.82, 2.24) is 0 Å². The average Bonchev–Trinajstić information content (AvgIpc) is 2.51. The third kappa shape index (κ3) is 4.20. The number of aliphatic carboxylic acids is 1. The lowest BCUT2D eigenvalue weighted by Gasteiger charge is -2.21. The Hall–Kier alpha value is -1.75. The summed E-state index contributed by atoms with van der Waals surface area (Å²) in [7, 11) is 0. The second-order valence-electron chi connectivity index (χ2n) is 5.90. The van der Waals surface area contributed by atoms with Crippen molar-refractivity contribution in [1.29, 1.82) is 0 Å². The zero-order chi connectivity index (χ0) is 17.9. The summed E-state index contributed by atoms with van der Waals surface area (Å²) >= 11 is 12.6. The van der Waals surface area contributed by atoms with Crippen LogP contribution >= 0.6 is 23.2 Å². The highest BCUT2D eigenvalue weighted by atomic mass is 35.5. The lowest BCUT2D eigenvalue weighted by Crippen LogP contribution is -2.37. The van der Waals surface area contributed by atoms with Gasteiger partial charge in [0.25, 0.3) is 0 Å². The van der Waals surface area contributed by atoms with Crippen molar-refractivity contribution in [2.24, 2.45) is 5.73 Å². The minimum atomic E-state index is -1.29. The van der Waals surface area contributed by atoms with Gasteiger partial charge in [0.05, 0.1) is 0 Å². The number of carboxylic acids is 1. The van der Waals surface area contributed by atoms with E-state index >= 15 is 0 Å². The van der Waals surface area contributed by atoms with Gasteiger partial charge < -0.3 is 15.6 Å². The molecule has 2 rings (SSSR count). The Bertz CT molecular complexity index is 719. The summed E-state index contributed by atoms with van der Waals surface area (Å²) < 4.78 is 5.49. The Morgan fingerprint density at radius 3 is 2.12 bits per heavy atom. The molecule has 24 heavy (non-hydrogen) atoms. The molecule has 0 spiro atoms.